The van der Waals surface area contributed by atoms with Gasteiger partial charge in [-0.2, -0.15) is 5.26 Å². The van der Waals surface area contributed by atoms with E-state index in [4.69, 9.17) is 0 Å². The Kier molecular flexibility index (Phi) is 4.54. The predicted molar refractivity (Wildman–Crippen MR) is 90.5 cm³/mol. The van der Waals surface area contributed by atoms with Crippen LogP contribution in [0.15, 0.2) is 30.3 Å². The topological polar surface area (TPSA) is 27.0 Å². The van der Waals surface area contributed by atoms with Crippen molar-refractivity contribution >= 4 is 0 Å². The molecule has 0 spiro atoms. The van der Waals surface area contributed by atoms with Gasteiger partial charge in [0.2, 0.25) is 0 Å². The van der Waals surface area contributed by atoms with Crippen molar-refractivity contribution in [3.05, 3.63) is 35.9 Å². The summed E-state index contributed by atoms with van der Waals surface area (Å²) < 4.78 is 0. The van der Waals surface area contributed by atoms with Crippen LogP contribution in [0.25, 0.3) is 0 Å². The van der Waals surface area contributed by atoms with Crippen LogP contribution in [0.4, 0.5) is 0 Å². The number of hydrogen-bond acceptors (Lipinski definition) is 2. The molecule has 22 heavy (non-hydrogen) atoms. The maximum Gasteiger partial charge on any atom is 0.0891 e. The highest BCUT2D eigenvalue weighted by molar-refractivity contribution is 5.36. The third kappa shape index (κ3) is 2.57. The van der Waals surface area contributed by atoms with Crippen molar-refractivity contribution in [2.24, 2.45) is 11.8 Å². The second kappa shape index (κ2) is 6.42. The van der Waals surface area contributed by atoms with Crippen molar-refractivity contribution in [1.29, 1.82) is 5.26 Å². The molecule has 0 N–H and O–H groups in total. The summed E-state index contributed by atoms with van der Waals surface area (Å²) in [5.74, 6) is 1.02. The van der Waals surface area contributed by atoms with E-state index in [9.17, 15) is 5.26 Å². The SMILES string of the molecule is CC(C)N1CC[C@H]([C@](C#N)(c2ccccc2)C2CCCC2)C1. The van der Waals surface area contributed by atoms with E-state index in [1.807, 2.05) is 0 Å². The molecule has 1 saturated heterocycles. The van der Waals surface area contributed by atoms with Crippen molar-refractivity contribution in [2.45, 2.75) is 57.4 Å². The second-order valence-corrected chi connectivity index (χ2v) is 7.40. The first-order valence-corrected chi connectivity index (χ1v) is 8.89. The molecular weight excluding hydrogens is 268 g/mol. The highest BCUT2D eigenvalue weighted by atomic mass is 15.2. The fourth-order valence-corrected chi connectivity index (χ4v) is 4.77. The standard InChI is InChI=1S/C20H28N2/c1-16(2)22-13-12-19(14-22)20(15-21,18-10-6-7-11-18)17-8-4-3-5-9-17/h3-5,8-9,16,18-19H,6-7,10-14H2,1-2H3/t19-,20+/m0/s1. The van der Waals surface area contributed by atoms with E-state index >= 15 is 0 Å². The zero-order chi connectivity index (χ0) is 15.6. The largest absolute Gasteiger partial charge is 0.301 e. The Morgan fingerprint density at radius 2 is 1.77 bits per heavy atom. The first kappa shape index (κ1) is 15.6. The average Bonchev–Trinajstić information content (AvgIpc) is 3.22. The minimum atomic E-state index is -0.276. The average molecular weight is 296 g/mol. The summed E-state index contributed by atoms with van der Waals surface area (Å²) in [5.41, 5.74) is 0.988. The van der Waals surface area contributed by atoms with Crippen molar-refractivity contribution in [3.8, 4) is 6.07 Å². The molecule has 1 aliphatic heterocycles. The first-order chi connectivity index (χ1) is 10.7. The highest BCUT2D eigenvalue weighted by Crippen LogP contribution is 2.49. The van der Waals surface area contributed by atoms with Gasteiger partial charge in [-0.05, 0) is 57.1 Å². The van der Waals surface area contributed by atoms with Gasteiger partial charge in [-0.15, -0.1) is 0 Å². The molecule has 0 unspecified atom stereocenters. The molecule has 1 aliphatic carbocycles. The molecule has 2 nitrogen and oxygen atoms in total. The van der Waals surface area contributed by atoms with E-state index in [1.165, 1.54) is 31.2 Å². The lowest BCUT2D eigenvalue weighted by molar-refractivity contribution is 0.207. The number of nitriles is 1. The summed E-state index contributed by atoms with van der Waals surface area (Å²) in [4.78, 5) is 2.55. The Balaban J connectivity index is 1.98. The van der Waals surface area contributed by atoms with Crippen LogP contribution in [0, 0.1) is 23.2 Å². The summed E-state index contributed by atoms with van der Waals surface area (Å²) in [6.45, 7) is 6.77. The van der Waals surface area contributed by atoms with Gasteiger partial charge in [0.25, 0.3) is 0 Å². The summed E-state index contributed by atoms with van der Waals surface area (Å²) in [6.07, 6.45) is 6.20. The first-order valence-electron chi connectivity index (χ1n) is 8.89. The van der Waals surface area contributed by atoms with Crippen LogP contribution < -0.4 is 0 Å². The van der Waals surface area contributed by atoms with Gasteiger partial charge in [0, 0.05) is 12.6 Å². The van der Waals surface area contributed by atoms with E-state index in [0.29, 0.717) is 17.9 Å². The van der Waals surface area contributed by atoms with E-state index < -0.39 is 0 Å². The van der Waals surface area contributed by atoms with Gasteiger partial charge in [-0.3, -0.25) is 0 Å². The fourth-order valence-electron chi connectivity index (χ4n) is 4.77. The smallest absolute Gasteiger partial charge is 0.0891 e. The van der Waals surface area contributed by atoms with Crippen LogP contribution in [0.1, 0.15) is 51.5 Å². The van der Waals surface area contributed by atoms with Crippen LogP contribution in [0.3, 0.4) is 0 Å². The van der Waals surface area contributed by atoms with E-state index in [1.54, 1.807) is 0 Å². The van der Waals surface area contributed by atoms with Crippen molar-refractivity contribution in [3.63, 3.8) is 0 Å². The van der Waals surface area contributed by atoms with E-state index in [0.717, 1.165) is 19.5 Å². The lowest BCUT2D eigenvalue weighted by Crippen LogP contribution is -2.42. The number of benzene rings is 1. The zero-order valence-corrected chi connectivity index (χ0v) is 14.0. The van der Waals surface area contributed by atoms with Crippen LogP contribution in [-0.4, -0.2) is 24.0 Å². The Hall–Kier alpha value is -1.33. The van der Waals surface area contributed by atoms with Gasteiger partial charge in [-0.1, -0.05) is 43.2 Å². The van der Waals surface area contributed by atoms with Crippen molar-refractivity contribution in [1.82, 2.24) is 4.90 Å². The Morgan fingerprint density at radius 1 is 1.09 bits per heavy atom. The monoisotopic (exact) mass is 296 g/mol. The molecule has 2 aliphatic rings. The molecule has 0 radical (unpaired) electrons. The third-order valence-electron chi connectivity index (χ3n) is 6.03. The molecule has 1 saturated carbocycles. The molecule has 2 atom stereocenters. The van der Waals surface area contributed by atoms with Crippen molar-refractivity contribution < 1.29 is 0 Å². The van der Waals surface area contributed by atoms with Gasteiger partial charge in [-0.25, -0.2) is 0 Å². The molecule has 0 aromatic heterocycles. The summed E-state index contributed by atoms with van der Waals surface area (Å²) in [5, 5.41) is 10.3. The Bertz CT molecular complexity index is 524. The lowest BCUT2D eigenvalue weighted by atomic mass is 9.62. The second-order valence-electron chi connectivity index (χ2n) is 7.40. The normalized spacial score (nSPS) is 26.2. The van der Waals surface area contributed by atoms with Gasteiger partial charge < -0.3 is 4.90 Å². The quantitative estimate of drug-likeness (QED) is 0.825. The number of hydrogen-bond donors (Lipinski definition) is 0. The summed E-state index contributed by atoms with van der Waals surface area (Å²) >= 11 is 0. The van der Waals surface area contributed by atoms with Gasteiger partial charge in [0.15, 0.2) is 0 Å². The Morgan fingerprint density at radius 3 is 2.32 bits per heavy atom. The highest BCUT2D eigenvalue weighted by Gasteiger charge is 2.50. The van der Waals surface area contributed by atoms with Gasteiger partial charge in [0.1, 0.15) is 0 Å². The van der Waals surface area contributed by atoms with E-state index in [-0.39, 0.29) is 5.41 Å². The molecule has 0 amide bonds. The molecule has 2 fully saturated rings. The van der Waals surface area contributed by atoms with E-state index in [2.05, 4.69) is 55.1 Å². The molecule has 3 rings (SSSR count). The number of nitrogens with zero attached hydrogens (tertiary/aromatic N) is 2. The number of rotatable bonds is 4. The van der Waals surface area contributed by atoms with Crippen LogP contribution in [0.5, 0.6) is 0 Å². The molecule has 1 heterocycles. The minimum Gasteiger partial charge on any atom is -0.301 e. The molecule has 1 aromatic carbocycles. The maximum atomic E-state index is 10.3. The molecular formula is C20H28N2. The minimum absolute atomic E-state index is 0.276. The third-order valence-corrected chi connectivity index (χ3v) is 6.03. The lowest BCUT2D eigenvalue weighted by Gasteiger charge is -2.39. The Labute approximate surface area is 135 Å². The fraction of sp³-hybridized carbons (Fsp3) is 0.650. The van der Waals surface area contributed by atoms with Crippen molar-refractivity contribution in [2.75, 3.05) is 13.1 Å². The summed E-state index contributed by atoms with van der Waals surface area (Å²) in [6, 6.07) is 14.1. The van der Waals surface area contributed by atoms with Crippen LogP contribution >= 0.6 is 0 Å². The van der Waals surface area contributed by atoms with Gasteiger partial charge in [0.05, 0.1) is 11.5 Å². The van der Waals surface area contributed by atoms with Crippen LogP contribution in [0.2, 0.25) is 0 Å². The maximum absolute atomic E-state index is 10.3. The predicted octanol–water partition coefficient (Wildman–Crippen LogP) is 4.37. The summed E-state index contributed by atoms with van der Waals surface area (Å²) in [7, 11) is 0. The number of likely N-dealkylation sites (tertiary alicyclic amines) is 1. The van der Waals surface area contributed by atoms with Crippen LogP contribution in [-0.2, 0) is 5.41 Å². The molecule has 2 heteroatoms. The molecule has 118 valence electrons. The molecule has 1 aromatic rings. The van der Waals surface area contributed by atoms with Gasteiger partial charge >= 0.3 is 0 Å². The zero-order valence-electron chi connectivity index (χ0n) is 14.0. The molecule has 0 bridgehead atoms.